The lowest BCUT2D eigenvalue weighted by Crippen LogP contribution is -2.39. The third kappa shape index (κ3) is 4.98. The van der Waals surface area contributed by atoms with E-state index >= 15 is 0 Å². The topological polar surface area (TPSA) is 29.5 Å². The molecule has 1 saturated heterocycles. The molecule has 1 aromatic rings. The molecule has 1 saturated carbocycles. The lowest BCUT2D eigenvalue weighted by atomic mass is 9.93. The van der Waals surface area contributed by atoms with Crippen LogP contribution in [-0.2, 0) is 4.79 Å². The van der Waals surface area contributed by atoms with Crippen molar-refractivity contribution in [3.8, 4) is 5.75 Å². The summed E-state index contributed by atoms with van der Waals surface area (Å²) in [6, 6.07) is 10.0. The minimum absolute atomic E-state index is 0.399. The van der Waals surface area contributed by atoms with Gasteiger partial charge in [-0.2, -0.15) is 0 Å². The van der Waals surface area contributed by atoms with Crippen LogP contribution >= 0.6 is 0 Å². The number of amides is 1. The van der Waals surface area contributed by atoms with Crippen molar-refractivity contribution in [3.63, 3.8) is 0 Å². The van der Waals surface area contributed by atoms with Gasteiger partial charge in [0, 0.05) is 19.5 Å². The van der Waals surface area contributed by atoms with Gasteiger partial charge in [0.25, 0.3) is 0 Å². The van der Waals surface area contributed by atoms with Gasteiger partial charge in [0.05, 0.1) is 6.61 Å². The standard InChI is InChI=1S/C20H29NO2/c22-20(16-18-6-4-5-7-18)21-13-10-17(11-14-21)12-15-23-19-8-2-1-3-9-19/h1-3,8-9,17-18H,4-7,10-16H2. The first-order chi connectivity index (χ1) is 11.3. The molecule has 0 atom stereocenters. The van der Waals surface area contributed by atoms with Crippen LogP contribution in [0.15, 0.2) is 30.3 Å². The number of para-hydroxylation sites is 1. The zero-order chi connectivity index (χ0) is 15.9. The Kier molecular flexibility index (Phi) is 5.95. The van der Waals surface area contributed by atoms with Crippen molar-refractivity contribution in [3.05, 3.63) is 30.3 Å². The number of ether oxygens (including phenoxy) is 1. The second-order valence-electron chi connectivity index (χ2n) is 7.13. The highest BCUT2D eigenvalue weighted by Gasteiger charge is 2.25. The molecule has 1 amide bonds. The van der Waals surface area contributed by atoms with Crippen molar-refractivity contribution in [1.82, 2.24) is 4.90 Å². The van der Waals surface area contributed by atoms with Crippen LogP contribution in [0, 0.1) is 11.8 Å². The molecule has 126 valence electrons. The highest BCUT2D eigenvalue weighted by atomic mass is 16.5. The molecule has 0 radical (unpaired) electrons. The lowest BCUT2D eigenvalue weighted by molar-refractivity contribution is -0.133. The number of piperidine rings is 1. The summed E-state index contributed by atoms with van der Waals surface area (Å²) in [6.07, 6.45) is 9.32. The molecule has 1 heterocycles. The van der Waals surface area contributed by atoms with Crippen LogP contribution in [0.3, 0.4) is 0 Å². The molecule has 0 N–H and O–H groups in total. The Morgan fingerprint density at radius 3 is 2.39 bits per heavy atom. The summed E-state index contributed by atoms with van der Waals surface area (Å²) in [5, 5.41) is 0. The van der Waals surface area contributed by atoms with Crippen molar-refractivity contribution >= 4 is 5.91 Å². The molecule has 2 aliphatic rings. The fourth-order valence-electron chi connectivity index (χ4n) is 3.92. The molecule has 2 fully saturated rings. The molecule has 0 spiro atoms. The van der Waals surface area contributed by atoms with Crippen LogP contribution in [0.2, 0.25) is 0 Å². The van der Waals surface area contributed by atoms with E-state index in [1.54, 1.807) is 0 Å². The maximum Gasteiger partial charge on any atom is 0.222 e. The molecule has 23 heavy (non-hydrogen) atoms. The predicted octanol–water partition coefficient (Wildman–Crippen LogP) is 4.27. The summed E-state index contributed by atoms with van der Waals surface area (Å²) in [6.45, 7) is 2.67. The molecule has 0 bridgehead atoms. The highest BCUT2D eigenvalue weighted by Crippen LogP contribution is 2.29. The van der Waals surface area contributed by atoms with Gasteiger partial charge in [-0.15, -0.1) is 0 Å². The number of hydrogen-bond acceptors (Lipinski definition) is 2. The van der Waals surface area contributed by atoms with Gasteiger partial charge < -0.3 is 9.64 Å². The third-order valence-corrected chi connectivity index (χ3v) is 5.44. The molecule has 1 aliphatic carbocycles. The molecule has 1 aromatic carbocycles. The van der Waals surface area contributed by atoms with Gasteiger partial charge in [0.2, 0.25) is 5.91 Å². The number of hydrogen-bond donors (Lipinski definition) is 0. The van der Waals surface area contributed by atoms with Gasteiger partial charge in [0.1, 0.15) is 5.75 Å². The Bertz CT molecular complexity index is 474. The van der Waals surface area contributed by atoms with Crippen LogP contribution in [0.1, 0.15) is 51.4 Å². The summed E-state index contributed by atoms with van der Waals surface area (Å²) >= 11 is 0. The van der Waals surface area contributed by atoms with Crippen LogP contribution < -0.4 is 4.74 Å². The Balaban J connectivity index is 1.32. The van der Waals surface area contributed by atoms with Gasteiger partial charge in [-0.3, -0.25) is 4.79 Å². The average molecular weight is 315 g/mol. The van der Waals surface area contributed by atoms with Crippen LogP contribution in [0.5, 0.6) is 5.75 Å². The molecule has 0 aromatic heterocycles. The molecule has 1 aliphatic heterocycles. The first kappa shape index (κ1) is 16.4. The van der Waals surface area contributed by atoms with E-state index in [1.165, 1.54) is 25.7 Å². The first-order valence-corrected chi connectivity index (χ1v) is 9.27. The normalized spacial score (nSPS) is 19.9. The van der Waals surface area contributed by atoms with E-state index in [0.29, 0.717) is 17.7 Å². The van der Waals surface area contributed by atoms with Crippen molar-refractivity contribution in [1.29, 1.82) is 0 Å². The Labute approximate surface area is 140 Å². The number of benzene rings is 1. The Morgan fingerprint density at radius 1 is 1.00 bits per heavy atom. The van der Waals surface area contributed by atoms with E-state index in [9.17, 15) is 4.79 Å². The highest BCUT2D eigenvalue weighted by molar-refractivity contribution is 5.76. The minimum atomic E-state index is 0.399. The number of rotatable bonds is 6. The largest absolute Gasteiger partial charge is 0.494 e. The van der Waals surface area contributed by atoms with Gasteiger partial charge >= 0.3 is 0 Å². The summed E-state index contributed by atoms with van der Waals surface area (Å²) in [5.74, 6) is 2.72. The monoisotopic (exact) mass is 315 g/mol. The van der Waals surface area contributed by atoms with Crippen molar-refractivity contribution in [2.75, 3.05) is 19.7 Å². The zero-order valence-electron chi connectivity index (χ0n) is 14.1. The van der Waals surface area contributed by atoms with E-state index in [-0.39, 0.29) is 0 Å². The van der Waals surface area contributed by atoms with Gasteiger partial charge in [-0.1, -0.05) is 31.0 Å². The summed E-state index contributed by atoms with van der Waals surface area (Å²) in [7, 11) is 0. The van der Waals surface area contributed by atoms with Gasteiger partial charge in [0.15, 0.2) is 0 Å². The number of carbonyl (C=O) groups is 1. The van der Waals surface area contributed by atoms with Crippen LogP contribution in [-0.4, -0.2) is 30.5 Å². The summed E-state index contributed by atoms with van der Waals surface area (Å²) in [4.78, 5) is 14.5. The molecular weight excluding hydrogens is 286 g/mol. The van der Waals surface area contributed by atoms with E-state index in [0.717, 1.165) is 51.1 Å². The maximum atomic E-state index is 12.4. The number of carbonyl (C=O) groups excluding carboxylic acids is 1. The average Bonchev–Trinajstić information content (AvgIpc) is 3.09. The zero-order valence-corrected chi connectivity index (χ0v) is 14.1. The first-order valence-electron chi connectivity index (χ1n) is 9.27. The third-order valence-electron chi connectivity index (χ3n) is 5.44. The van der Waals surface area contributed by atoms with E-state index < -0.39 is 0 Å². The minimum Gasteiger partial charge on any atom is -0.494 e. The van der Waals surface area contributed by atoms with Crippen molar-refractivity contribution in [2.24, 2.45) is 11.8 Å². The van der Waals surface area contributed by atoms with E-state index in [4.69, 9.17) is 4.74 Å². The number of likely N-dealkylation sites (tertiary alicyclic amines) is 1. The quantitative estimate of drug-likeness (QED) is 0.784. The van der Waals surface area contributed by atoms with E-state index in [2.05, 4.69) is 4.90 Å². The second kappa shape index (κ2) is 8.37. The van der Waals surface area contributed by atoms with Crippen LogP contribution in [0.4, 0.5) is 0 Å². The Hall–Kier alpha value is -1.51. The van der Waals surface area contributed by atoms with Gasteiger partial charge in [-0.25, -0.2) is 0 Å². The van der Waals surface area contributed by atoms with Crippen molar-refractivity contribution in [2.45, 2.75) is 51.4 Å². The lowest BCUT2D eigenvalue weighted by Gasteiger charge is -2.32. The fraction of sp³-hybridized carbons (Fsp3) is 0.650. The molecule has 3 heteroatoms. The molecule has 0 unspecified atom stereocenters. The smallest absolute Gasteiger partial charge is 0.222 e. The fourth-order valence-corrected chi connectivity index (χ4v) is 3.92. The van der Waals surface area contributed by atoms with E-state index in [1.807, 2.05) is 30.3 Å². The SMILES string of the molecule is O=C(CC1CCCC1)N1CCC(CCOc2ccccc2)CC1. The Morgan fingerprint density at radius 2 is 1.70 bits per heavy atom. The van der Waals surface area contributed by atoms with Gasteiger partial charge in [-0.05, 0) is 56.1 Å². The summed E-state index contributed by atoms with van der Waals surface area (Å²) < 4.78 is 5.79. The maximum absolute atomic E-state index is 12.4. The molecule has 3 nitrogen and oxygen atoms in total. The molecule has 3 rings (SSSR count). The second-order valence-corrected chi connectivity index (χ2v) is 7.13. The number of nitrogens with zero attached hydrogens (tertiary/aromatic N) is 1. The molecular formula is C20H29NO2. The van der Waals surface area contributed by atoms with Crippen LogP contribution in [0.25, 0.3) is 0 Å². The predicted molar refractivity (Wildman–Crippen MR) is 92.4 cm³/mol. The van der Waals surface area contributed by atoms with Crippen molar-refractivity contribution < 1.29 is 9.53 Å². The summed E-state index contributed by atoms with van der Waals surface area (Å²) in [5.41, 5.74) is 0.